The van der Waals surface area contributed by atoms with Crippen LogP contribution in [-0.2, 0) is 20.8 Å². The minimum Gasteiger partial charge on any atom is -0.370 e. The van der Waals surface area contributed by atoms with E-state index in [9.17, 15) is 19.2 Å². The van der Waals surface area contributed by atoms with Gasteiger partial charge in [0.05, 0.1) is 6.04 Å². The number of nitrogens with two attached hydrogens (primary N) is 2. The molecule has 0 radical (unpaired) electrons. The maximum Gasteiger partial charge on any atom is 0.257 e. The number of imide groups is 1. The lowest BCUT2D eigenvalue weighted by atomic mass is 10.0. The van der Waals surface area contributed by atoms with Gasteiger partial charge in [-0.2, -0.15) is 0 Å². The van der Waals surface area contributed by atoms with Gasteiger partial charge in [0.25, 0.3) is 5.91 Å². The molecule has 39 heavy (non-hydrogen) atoms. The Bertz CT molecular complexity index is 1180. The van der Waals surface area contributed by atoms with Gasteiger partial charge in [0.15, 0.2) is 5.96 Å². The van der Waals surface area contributed by atoms with Crippen LogP contribution in [0.25, 0.3) is 0 Å². The molecule has 0 saturated carbocycles. The zero-order valence-corrected chi connectivity index (χ0v) is 23.6. The molecule has 1 heterocycles. The number of amides is 4. The molecule has 2 aromatic carbocycles. The van der Waals surface area contributed by atoms with Gasteiger partial charge in [0.1, 0.15) is 12.1 Å². The van der Waals surface area contributed by atoms with Crippen LogP contribution >= 0.6 is 22.6 Å². The maximum absolute atomic E-state index is 13.5. The van der Waals surface area contributed by atoms with Crippen molar-refractivity contribution in [3.8, 4) is 0 Å². The number of aliphatic imine (C=N–C) groups is 1. The first-order valence-electron chi connectivity index (χ1n) is 12.8. The highest BCUT2D eigenvalue weighted by atomic mass is 127. The van der Waals surface area contributed by atoms with Gasteiger partial charge in [-0.25, -0.2) is 0 Å². The Labute approximate surface area is 241 Å². The second kappa shape index (κ2) is 15.2. The first kappa shape index (κ1) is 30.0. The molecule has 0 bridgehead atoms. The van der Waals surface area contributed by atoms with Crippen LogP contribution in [0.5, 0.6) is 0 Å². The fourth-order valence-corrected chi connectivity index (χ4v) is 4.73. The number of benzene rings is 2. The number of carbonyl (C=O) groups is 4. The van der Waals surface area contributed by atoms with Crippen LogP contribution in [0.1, 0.15) is 41.6 Å². The number of nitrogens with zero attached hydrogens (tertiary/aromatic N) is 1. The number of guanidine groups is 1. The lowest BCUT2D eigenvalue weighted by molar-refractivity contribution is -0.132. The molecule has 0 aliphatic carbocycles. The van der Waals surface area contributed by atoms with E-state index in [4.69, 9.17) is 11.5 Å². The Balaban J connectivity index is 1.75. The van der Waals surface area contributed by atoms with Crippen LogP contribution in [0.3, 0.4) is 0 Å². The quantitative estimate of drug-likeness (QED) is 0.0843. The van der Waals surface area contributed by atoms with Crippen molar-refractivity contribution in [3.63, 3.8) is 0 Å². The van der Waals surface area contributed by atoms with E-state index >= 15 is 0 Å². The molecule has 1 saturated heterocycles. The molecule has 0 unspecified atom stereocenters. The highest BCUT2D eigenvalue weighted by molar-refractivity contribution is 14.1. The normalized spacial score (nSPS) is 16.0. The van der Waals surface area contributed by atoms with E-state index in [1.165, 1.54) is 0 Å². The van der Waals surface area contributed by atoms with E-state index in [-0.39, 0.29) is 37.3 Å². The molecule has 1 fully saturated rings. The Hall–Kier alpha value is -3.52. The minimum absolute atomic E-state index is 0.0833. The maximum atomic E-state index is 13.5. The largest absolute Gasteiger partial charge is 0.370 e. The van der Waals surface area contributed by atoms with Crippen LogP contribution < -0.4 is 32.7 Å². The zero-order chi connectivity index (χ0) is 28.2. The standard InChI is InChI=1S/C27H34IN7O4/c28-19-10-4-9-18(16-19)23(36)35-25(38)21(12-6-14-32-27(29)30)33-26(39)22(15-17-7-2-1-3-8-17)34-24(37)20-11-5-13-31-20/h1-4,7-10,16,20-22,31H,5-6,11-15H2,(H,33,39)(H,34,37)(H4,29,30,32)(H,35,36,38)/t20-,21-,22-/m0/s1. The molecule has 3 atom stereocenters. The number of hydrogen-bond donors (Lipinski definition) is 6. The molecule has 1 aliphatic rings. The lowest BCUT2D eigenvalue weighted by Crippen LogP contribution is -2.56. The Morgan fingerprint density at radius 2 is 1.77 bits per heavy atom. The van der Waals surface area contributed by atoms with Crippen molar-refractivity contribution in [3.05, 3.63) is 69.3 Å². The molecule has 11 nitrogen and oxygen atoms in total. The average molecular weight is 648 g/mol. The SMILES string of the molecule is NC(N)=NCCC[C@H](NC(=O)[C@H](Cc1ccccc1)NC(=O)[C@@H]1CCCN1)C(=O)NC(=O)c1cccc(I)c1. The molecule has 12 heteroatoms. The predicted octanol–water partition coefficient (Wildman–Crippen LogP) is 0.566. The molecule has 8 N–H and O–H groups in total. The molecule has 2 aromatic rings. The predicted molar refractivity (Wildman–Crippen MR) is 157 cm³/mol. The van der Waals surface area contributed by atoms with Gasteiger partial charge in [-0.3, -0.25) is 29.5 Å². The van der Waals surface area contributed by atoms with Crippen LogP contribution in [0, 0.1) is 3.57 Å². The third-order valence-electron chi connectivity index (χ3n) is 6.19. The topological polar surface area (TPSA) is 181 Å². The van der Waals surface area contributed by atoms with E-state index in [0.29, 0.717) is 18.4 Å². The summed E-state index contributed by atoms with van der Waals surface area (Å²) in [6, 6.07) is 13.7. The van der Waals surface area contributed by atoms with Gasteiger partial charge in [-0.05, 0) is 78.6 Å². The molecule has 3 rings (SSSR count). The van der Waals surface area contributed by atoms with Crippen LogP contribution in [0.2, 0.25) is 0 Å². The molecular formula is C27H34IN7O4. The van der Waals surface area contributed by atoms with Gasteiger partial charge in [-0.1, -0.05) is 36.4 Å². The van der Waals surface area contributed by atoms with Gasteiger partial charge in [0, 0.05) is 22.1 Å². The highest BCUT2D eigenvalue weighted by Gasteiger charge is 2.30. The van der Waals surface area contributed by atoms with Crippen molar-refractivity contribution in [1.82, 2.24) is 21.3 Å². The smallest absolute Gasteiger partial charge is 0.257 e. The first-order chi connectivity index (χ1) is 18.7. The Morgan fingerprint density at radius 1 is 1.00 bits per heavy atom. The van der Waals surface area contributed by atoms with E-state index in [0.717, 1.165) is 22.1 Å². The molecule has 208 valence electrons. The number of hydrogen-bond acceptors (Lipinski definition) is 6. The molecule has 4 amide bonds. The number of halogens is 1. The summed E-state index contributed by atoms with van der Waals surface area (Å²) in [7, 11) is 0. The highest BCUT2D eigenvalue weighted by Crippen LogP contribution is 2.10. The second-order valence-corrected chi connectivity index (χ2v) is 10.5. The Kier molecular flexibility index (Phi) is 11.7. The average Bonchev–Trinajstić information content (AvgIpc) is 3.45. The summed E-state index contributed by atoms with van der Waals surface area (Å²) in [6.07, 6.45) is 2.33. The van der Waals surface area contributed by atoms with E-state index in [1.54, 1.807) is 18.2 Å². The Morgan fingerprint density at radius 3 is 2.44 bits per heavy atom. The van der Waals surface area contributed by atoms with Crippen molar-refractivity contribution < 1.29 is 19.2 Å². The van der Waals surface area contributed by atoms with Crippen LogP contribution in [0.4, 0.5) is 0 Å². The summed E-state index contributed by atoms with van der Waals surface area (Å²) in [5, 5.41) is 11.1. The van der Waals surface area contributed by atoms with Gasteiger partial charge >= 0.3 is 0 Å². The fraction of sp³-hybridized carbons (Fsp3) is 0.370. The summed E-state index contributed by atoms with van der Waals surface area (Å²) in [4.78, 5) is 56.1. The summed E-state index contributed by atoms with van der Waals surface area (Å²) >= 11 is 2.08. The molecule has 0 spiro atoms. The van der Waals surface area contributed by atoms with E-state index < -0.39 is 29.8 Å². The lowest BCUT2D eigenvalue weighted by Gasteiger charge is -2.24. The minimum atomic E-state index is -1.06. The third-order valence-corrected chi connectivity index (χ3v) is 6.87. The van der Waals surface area contributed by atoms with Crippen molar-refractivity contribution in [2.45, 2.75) is 50.2 Å². The first-order valence-corrected chi connectivity index (χ1v) is 13.8. The monoisotopic (exact) mass is 647 g/mol. The van der Waals surface area contributed by atoms with E-state index in [2.05, 4.69) is 48.9 Å². The summed E-state index contributed by atoms with van der Waals surface area (Å²) in [5.41, 5.74) is 11.9. The summed E-state index contributed by atoms with van der Waals surface area (Å²) in [5.74, 6) is -2.14. The fourth-order valence-electron chi connectivity index (χ4n) is 4.19. The van der Waals surface area contributed by atoms with Gasteiger partial charge in [0.2, 0.25) is 17.7 Å². The molecular weight excluding hydrogens is 613 g/mol. The van der Waals surface area contributed by atoms with E-state index in [1.807, 2.05) is 36.4 Å². The number of rotatable bonds is 12. The summed E-state index contributed by atoms with van der Waals surface area (Å²) in [6.45, 7) is 0.977. The zero-order valence-electron chi connectivity index (χ0n) is 21.5. The number of nitrogens with one attached hydrogen (secondary N) is 4. The van der Waals surface area contributed by atoms with Crippen molar-refractivity contribution in [2.24, 2.45) is 16.5 Å². The summed E-state index contributed by atoms with van der Waals surface area (Å²) < 4.78 is 0.839. The number of carbonyl (C=O) groups excluding carboxylic acids is 4. The molecule has 1 aliphatic heterocycles. The molecule has 0 aromatic heterocycles. The van der Waals surface area contributed by atoms with Crippen LogP contribution in [0.15, 0.2) is 59.6 Å². The van der Waals surface area contributed by atoms with Gasteiger partial charge < -0.3 is 27.4 Å². The van der Waals surface area contributed by atoms with Crippen molar-refractivity contribution >= 4 is 52.2 Å². The third kappa shape index (κ3) is 9.94. The van der Waals surface area contributed by atoms with Crippen LogP contribution in [-0.4, -0.2) is 60.8 Å². The van der Waals surface area contributed by atoms with Crippen molar-refractivity contribution in [2.75, 3.05) is 13.1 Å². The second-order valence-electron chi connectivity index (χ2n) is 9.24. The van der Waals surface area contributed by atoms with Crippen molar-refractivity contribution in [1.29, 1.82) is 0 Å². The van der Waals surface area contributed by atoms with Gasteiger partial charge in [-0.15, -0.1) is 0 Å².